The largest absolute Gasteiger partial charge is 0.497 e. The summed E-state index contributed by atoms with van der Waals surface area (Å²) in [6.07, 6.45) is 2.84. The maximum absolute atomic E-state index is 12.9. The molecule has 128 valence electrons. The van der Waals surface area contributed by atoms with E-state index < -0.39 is 0 Å². The summed E-state index contributed by atoms with van der Waals surface area (Å²) in [5, 5.41) is 0. The number of imidazole rings is 1. The third-order valence-electron chi connectivity index (χ3n) is 4.99. The average molecular weight is 335 g/mol. The van der Waals surface area contributed by atoms with Crippen molar-refractivity contribution < 1.29 is 9.53 Å². The summed E-state index contributed by atoms with van der Waals surface area (Å²) in [5.74, 6) is 0.866. The first-order chi connectivity index (χ1) is 12.2. The zero-order valence-electron chi connectivity index (χ0n) is 14.5. The van der Waals surface area contributed by atoms with Crippen molar-refractivity contribution in [3.05, 3.63) is 59.9 Å². The predicted molar refractivity (Wildman–Crippen MR) is 97.0 cm³/mol. The number of nitrogens with zero attached hydrogens (tertiary/aromatic N) is 3. The normalized spacial score (nSPS) is 17.2. The van der Waals surface area contributed by atoms with E-state index >= 15 is 0 Å². The van der Waals surface area contributed by atoms with Crippen LogP contribution < -0.4 is 4.74 Å². The average Bonchev–Trinajstić information content (AvgIpc) is 3.27. The molecule has 1 amide bonds. The molecule has 1 atom stereocenters. The molecule has 0 spiro atoms. The number of para-hydroxylation sites is 2. The number of fused-ring (bicyclic) bond motifs is 1. The minimum absolute atomic E-state index is 0.0899. The van der Waals surface area contributed by atoms with E-state index in [4.69, 9.17) is 4.74 Å². The van der Waals surface area contributed by atoms with Crippen LogP contribution in [0.3, 0.4) is 0 Å². The van der Waals surface area contributed by atoms with Crippen LogP contribution in [-0.2, 0) is 0 Å². The highest BCUT2D eigenvalue weighted by Crippen LogP contribution is 2.28. The molecule has 0 aliphatic carbocycles. The lowest BCUT2D eigenvalue weighted by atomic mass is 10.1. The second kappa shape index (κ2) is 6.24. The lowest BCUT2D eigenvalue weighted by molar-refractivity contribution is 0.0787. The summed E-state index contributed by atoms with van der Waals surface area (Å²) in [6.45, 7) is 3.43. The van der Waals surface area contributed by atoms with Gasteiger partial charge >= 0.3 is 0 Å². The molecule has 1 aliphatic rings. The Balaban J connectivity index is 1.55. The van der Waals surface area contributed by atoms with Gasteiger partial charge < -0.3 is 14.2 Å². The number of amides is 1. The summed E-state index contributed by atoms with van der Waals surface area (Å²) in [6, 6.07) is 14.0. The molecule has 1 saturated heterocycles. The Morgan fingerprint density at radius 3 is 2.88 bits per heavy atom. The second-order valence-electron chi connectivity index (χ2n) is 6.52. The Hall–Kier alpha value is -2.82. The topological polar surface area (TPSA) is 47.4 Å². The molecule has 0 saturated carbocycles. The molecular weight excluding hydrogens is 314 g/mol. The minimum atomic E-state index is 0.0899. The lowest BCUT2D eigenvalue weighted by Gasteiger charge is -2.19. The molecule has 25 heavy (non-hydrogen) atoms. The van der Waals surface area contributed by atoms with E-state index in [-0.39, 0.29) is 11.9 Å². The first-order valence-electron chi connectivity index (χ1n) is 8.53. The van der Waals surface area contributed by atoms with Gasteiger partial charge in [-0.05, 0) is 49.2 Å². The third kappa shape index (κ3) is 2.76. The van der Waals surface area contributed by atoms with E-state index in [2.05, 4.69) is 15.6 Å². The molecule has 1 unspecified atom stereocenters. The fraction of sp³-hybridized carbons (Fsp3) is 0.300. The van der Waals surface area contributed by atoms with Crippen molar-refractivity contribution in [2.45, 2.75) is 19.4 Å². The number of hydrogen-bond acceptors (Lipinski definition) is 3. The molecule has 3 aromatic rings. The highest BCUT2D eigenvalue weighted by molar-refractivity contribution is 5.96. The van der Waals surface area contributed by atoms with Gasteiger partial charge in [-0.25, -0.2) is 4.98 Å². The number of methoxy groups -OCH3 is 1. The van der Waals surface area contributed by atoms with Crippen LogP contribution in [-0.4, -0.2) is 40.6 Å². The Morgan fingerprint density at radius 1 is 1.24 bits per heavy atom. The number of likely N-dealkylation sites (tertiary alicyclic amines) is 1. The number of hydrogen-bond donors (Lipinski definition) is 0. The molecule has 2 aromatic carbocycles. The van der Waals surface area contributed by atoms with Crippen molar-refractivity contribution in [3.63, 3.8) is 0 Å². The van der Waals surface area contributed by atoms with Crippen LogP contribution in [0.2, 0.25) is 0 Å². The van der Waals surface area contributed by atoms with Gasteiger partial charge in [-0.1, -0.05) is 12.1 Å². The molecule has 4 rings (SSSR count). The molecular formula is C20H21N3O2. The van der Waals surface area contributed by atoms with Crippen molar-refractivity contribution >= 4 is 16.9 Å². The quantitative estimate of drug-likeness (QED) is 0.737. The van der Waals surface area contributed by atoms with Crippen molar-refractivity contribution in [3.8, 4) is 5.75 Å². The van der Waals surface area contributed by atoms with E-state index in [9.17, 15) is 4.79 Å². The fourth-order valence-corrected chi connectivity index (χ4v) is 3.60. The SMILES string of the molecule is COc1ccc(C(=O)N2CCC(n3cnc4ccccc43)C2)c(C)c1. The van der Waals surface area contributed by atoms with Gasteiger partial charge in [0.15, 0.2) is 0 Å². The number of aryl methyl sites for hydroxylation is 1. The Bertz CT molecular complexity index is 932. The number of ether oxygens (including phenoxy) is 1. The highest BCUT2D eigenvalue weighted by atomic mass is 16.5. The minimum Gasteiger partial charge on any atom is -0.497 e. The second-order valence-corrected chi connectivity index (χ2v) is 6.52. The predicted octanol–water partition coefficient (Wildman–Crippen LogP) is 3.44. The monoisotopic (exact) mass is 335 g/mol. The number of carbonyl (C=O) groups is 1. The van der Waals surface area contributed by atoms with Crippen molar-refractivity contribution in [2.24, 2.45) is 0 Å². The zero-order chi connectivity index (χ0) is 17.4. The van der Waals surface area contributed by atoms with Crippen LogP contribution in [0.15, 0.2) is 48.8 Å². The molecule has 0 N–H and O–H groups in total. The number of aromatic nitrogens is 2. The molecule has 1 aromatic heterocycles. The molecule has 5 nitrogen and oxygen atoms in total. The maximum atomic E-state index is 12.9. The smallest absolute Gasteiger partial charge is 0.254 e. The first kappa shape index (κ1) is 15.7. The molecule has 1 aliphatic heterocycles. The number of carbonyl (C=O) groups excluding carboxylic acids is 1. The van der Waals surface area contributed by atoms with Crippen LogP contribution >= 0.6 is 0 Å². The molecule has 0 bridgehead atoms. The number of benzene rings is 2. The van der Waals surface area contributed by atoms with Gasteiger partial charge in [0, 0.05) is 18.7 Å². The maximum Gasteiger partial charge on any atom is 0.254 e. The zero-order valence-corrected chi connectivity index (χ0v) is 14.5. The van der Waals surface area contributed by atoms with E-state index in [1.807, 2.05) is 54.5 Å². The van der Waals surface area contributed by atoms with Gasteiger partial charge in [0.25, 0.3) is 5.91 Å². The van der Waals surface area contributed by atoms with Crippen LogP contribution in [0.4, 0.5) is 0 Å². The van der Waals surface area contributed by atoms with Crippen molar-refractivity contribution in [1.29, 1.82) is 0 Å². The van der Waals surface area contributed by atoms with E-state index in [1.165, 1.54) is 0 Å². The lowest BCUT2D eigenvalue weighted by Crippen LogP contribution is -2.29. The van der Waals surface area contributed by atoms with Crippen LogP contribution in [0, 0.1) is 6.92 Å². The third-order valence-corrected chi connectivity index (χ3v) is 4.99. The highest BCUT2D eigenvalue weighted by Gasteiger charge is 2.29. The first-order valence-corrected chi connectivity index (χ1v) is 8.53. The van der Waals surface area contributed by atoms with Crippen LogP contribution in [0.25, 0.3) is 11.0 Å². The Morgan fingerprint density at radius 2 is 2.08 bits per heavy atom. The molecule has 2 heterocycles. The van der Waals surface area contributed by atoms with Crippen molar-refractivity contribution in [2.75, 3.05) is 20.2 Å². The molecule has 0 radical (unpaired) electrons. The van der Waals surface area contributed by atoms with E-state index in [0.29, 0.717) is 6.54 Å². The van der Waals surface area contributed by atoms with Gasteiger partial charge in [0.2, 0.25) is 0 Å². The molecule has 1 fully saturated rings. The van der Waals surface area contributed by atoms with Gasteiger partial charge in [0.1, 0.15) is 5.75 Å². The number of rotatable bonds is 3. The van der Waals surface area contributed by atoms with Crippen LogP contribution in [0.1, 0.15) is 28.4 Å². The Kier molecular flexibility index (Phi) is 3.92. The summed E-state index contributed by atoms with van der Waals surface area (Å²) >= 11 is 0. The summed E-state index contributed by atoms with van der Waals surface area (Å²) in [7, 11) is 1.64. The van der Waals surface area contributed by atoms with Crippen molar-refractivity contribution in [1.82, 2.24) is 14.5 Å². The molecule has 5 heteroatoms. The Labute approximate surface area is 146 Å². The standard InChI is InChI=1S/C20H21N3O2/c1-14-11-16(25-2)7-8-17(14)20(24)22-10-9-15(12-22)23-13-21-18-5-3-4-6-19(18)23/h3-8,11,13,15H,9-10,12H2,1-2H3. The fourth-order valence-electron chi connectivity index (χ4n) is 3.60. The summed E-state index contributed by atoms with van der Waals surface area (Å²) in [5.41, 5.74) is 3.82. The van der Waals surface area contributed by atoms with Crippen LogP contribution in [0.5, 0.6) is 5.75 Å². The van der Waals surface area contributed by atoms with E-state index in [0.717, 1.165) is 40.9 Å². The summed E-state index contributed by atoms with van der Waals surface area (Å²) in [4.78, 5) is 19.3. The van der Waals surface area contributed by atoms with Gasteiger partial charge in [-0.15, -0.1) is 0 Å². The van der Waals surface area contributed by atoms with E-state index in [1.54, 1.807) is 7.11 Å². The van der Waals surface area contributed by atoms with Gasteiger partial charge in [-0.3, -0.25) is 4.79 Å². The van der Waals surface area contributed by atoms with Gasteiger partial charge in [0.05, 0.1) is 30.5 Å². The summed E-state index contributed by atoms with van der Waals surface area (Å²) < 4.78 is 7.42. The van der Waals surface area contributed by atoms with Gasteiger partial charge in [-0.2, -0.15) is 0 Å².